The fourth-order valence-electron chi connectivity index (χ4n) is 3.46. The predicted octanol–water partition coefficient (Wildman–Crippen LogP) is 4.16. The Hall–Kier alpha value is -3.57. The molecule has 0 aliphatic rings. The number of hydrogen-bond donors (Lipinski definition) is 1. The number of fused-ring (bicyclic) bond motifs is 1. The van der Waals surface area contributed by atoms with E-state index in [1.54, 1.807) is 12.4 Å². The molecule has 0 radical (unpaired) electrons. The van der Waals surface area contributed by atoms with Crippen LogP contribution in [0.4, 0.5) is 0 Å². The van der Waals surface area contributed by atoms with Crippen LogP contribution in [0.2, 0.25) is 0 Å². The van der Waals surface area contributed by atoms with Gasteiger partial charge in [0.25, 0.3) is 5.91 Å². The summed E-state index contributed by atoms with van der Waals surface area (Å²) in [6, 6.07) is 23.7. The number of benzene rings is 2. The van der Waals surface area contributed by atoms with Crippen LogP contribution in [0.5, 0.6) is 0 Å². The van der Waals surface area contributed by atoms with Crippen molar-refractivity contribution >= 4 is 16.8 Å². The highest BCUT2D eigenvalue weighted by atomic mass is 16.1. The minimum Gasteiger partial charge on any atom is -0.351 e. The molecule has 0 atom stereocenters. The van der Waals surface area contributed by atoms with Crippen LogP contribution in [0.3, 0.4) is 0 Å². The minimum absolute atomic E-state index is 0.0861. The van der Waals surface area contributed by atoms with Crippen LogP contribution in [0.1, 0.15) is 15.9 Å². The summed E-state index contributed by atoms with van der Waals surface area (Å²) < 4.78 is 0. The number of rotatable bonds is 7. The second-order valence-electron chi connectivity index (χ2n) is 7.29. The SMILES string of the molecule is CN(CCNC(=O)c1cc(-c2ccncc2)nc2ccccc12)Cc1ccccc1. The largest absolute Gasteiger partial charge is 0.351 e. The van der Waals surface area contributed by atoms with Crippen molar-refractivity contribution < 1.29 is 4.79 Å². The number of aromatic nitrogens is 2. The molecular weight excluding hydrogens is 372 g/mol. The van der Waals surface area contributed by atoms with E-state index in [-0.39, 0.29) is 5.91 Å². The molecule has 0 aliphatic heterocycles. The number of likely N-dealkylation sites (N-methyl/N-ethyl adjacent to an activating group) is 1. The van der Waals surface area contributed by atoms with Crippen molar-refractivity contribution in [2.45, 2.75) is 6.54 Å². The van der Waals surface area contributed by atoms with Gasteiger partial charge in [0.15, 0.2) is 0 Å². The number of amides is 1. The monoisotopic (exact) mass is 396 g/mol. The highest BCUT2D eigenvalue weighted by Gasteiger charge is 2.14. The maximum atomic E-state index is 13.0. The molecule has 5 heteroatoms. The number of pyridine rings is 2. The van der Waals surface area contributed by atoms with Crippen molar-refractivity contribution in [2.24, 2.45) is 0 Å². The number of para-hydroxylation sites is 1. The Morgan fingerprint density at radius 3 is 2.50 bits per heavy atom. The average molecular weight is 396 g/mol. The van der Waals surface area contributed by atoms with Gasteiger partial charge >= 0.3 is 0 Å². The summed E-state index contributed by atoms with van der Waals surface area (Å²) in [7, 11) is 2.06. The van der Waals surface area contributed by atoms with Gasteiger partial charge in [-0.3, -0.25) is 9.78 Å². The predicted molar refractivity (Wildman–Crippen MR) is 120 cm³/mol. The van der Waals surface area contributed by atoms with E-state index in [9.17, 15) is 4.79 Å². The molecule has 2 aromatic carbocycles. The number of carbonyl (C=O) groups is 1. The molecule has 4 aromatic rings. The lowest BCUT2D eigenvalue weighted by molar-refractivity contribution is 0.0951. The van der Waals surface area contributed by atoms with Gasteiger partial charge in [0.1, 0.15) is 0 Å². The summed E-state index contributed by atoms with van der Waals surface area (Å²) in [4.78, 5) is 24.0. The van der Waals surface area contributed by atoms with Crippen LogP contribution in [-0.2, 0) is 6.54 Å². The van der Waals surface area contributed by atoms with Gasteiger partial charge in [-0.25, -0.2) is 4.98 Å². The molecule has 0 aliphatic carbocycles. The van der Waals surface area contributed by atoms with Crippen molar-refractivity contribution in [3.63, 3.8) is 0 Å². The normalized spacial score (nSPS) is 11.0. The van der Waals surface area contributed by atoms with Crippen LogP contribution < -0.4 is 5.32 Å². The standard InChI is InChI=1S/C25H24N4O/c1-29(18-19-7-3-2-4-8-19)16-15-27-25(30)22-17-24(20-11-13-26-14-12-20)28-23-10-6-5-9-21(22)23/h2-14,17H,15-16,18H2,1H3,(H,27,30). The fourth-order valence-corrected chi connectivity index (χ4v) is 3.46. The van der Waals surface area contributed by atoms with Crippen LogP contribution in [0.15, 0.2) is 85.2 Å². The first-order valence-electron chi connectivity index (χ1n) is 10.0. The van der Waals surface area contributed by atoms with Gasteiger partial charge in [-0.15, -0.1) is 0 Å². The lowest BCUT2D eigenvalue weighted by atomic mass is 10.0. The van der Waals surface area contributed by atoms with Crippen LogP contribution >= 0.6 is 0 Å². The number of hydrogen-bond acceptors (Lipinski definition) is 4. The van der Waals surface area contributed by atoms with Crippen molar-refractivity contribution in [2.75, 3.05) is 20.1 Å². The summed E-state index contributed by atoms with van der Waals surface area (Å²) in [6.07, 6.45) is 3.46. The van der Waals surface area contributed by atoms with Crippen molar-refractivity contribution in [1.82, 2.24) is 20.2 Å². The zero-order valence-electron chi connectivity index (χ0n) is 17.0. The topological polar surface area (TPSA) is 58.1 Å². The van der Waals surface area contributed by atoms with Crippen molar-refractivity contribution in [3.8, 4) is 11.3 Å². The van der Waals surface area contributed by atoms with E-state index in [4.69, 9.17) is 4.98 Å². The van der Waals surface area contributed by atoms with Gasteiger partial charge in [0.2, 0.25) is 0 Å². The lowest BCUT2D eigenvalue weighted by Gasteiger charge is -2.17. The first-order chi connectivity index (χ1) is 14.7. The van der Waals surface area contributed by atoms with Crippen molar-refractivity contribution in [1.29, 1.82) is 0 Å². The van der Waals surface area contributed by atoms with Crippen LogP contribution in [0.25, 0.3) is 22.2 Å². The molecule has 0 saturated heterocycles. The molecule has 5 nitrogen and oxygen atoms in total. The molecule has 150 valence electrons. The highest BCUT2D eigenvalue weighted by molar-refractivity contribution is 6.07. The Morgan fingerprint density at radius 2 is 1.70 bits per heavy atom. The minimum atomic E-state index is -0.0861. The Labute approximate surface area is 176 Å². The van der Waals surface area contributed by atoms with Gasteiger partial charge in [-0.1, -0.05) is 48.5 Å². The molecule has 2 heterocycles. The van der Waals surface area contributed by atoms with E-state index in [0.717, 1.165) is 35.2 Å². The molecule has 0 saturated carbocycles. The van der Waals surface area contributed by atoms with E-state index in [2.05, 4.69) is 34.4 Å². The van der Waals surface area contributed by atoms with Crippen molar-refractivity contribution in [3.05, 3.63) is 96.3 Å². The molecule has 2 aromatic heterocycles. The zero-order valence-corrected chi connectivity index (χ0v) is 17.0. The Balaban J connectivity index is 1.48. The molecule has 0 fully saturated rings. The van der Waals surface area contributed by atoms with Crippen LogP contribution in [0, 0.1) is 0 Å². The smallest absolute Gasteiger partial charge is 0.252 e. The second-order valence-corrected chi connectivity index (χ2v) is 7.29. The molecule has 4 rings (SSSR count). The summed E-state index contributed by atoms with van der Waals surface area (Å²) in [5.74, 6) is -0.0861. The summed E-state index contributed by atoms with van der Waals surface area (Å²) in [5.41, 5.74) is 4.40. The Morgan fingerprint density at radius 1 is 0.967 bits per heavy atom. The molecular formula is C25H24N4O. The zero-order chi connectivity index (χ0) is 20.8. The van der Waals surface area contributed by atoms with Crippen LogP contribution in [-0.4, -0.2) is 40.9 Å². The van der Waals surface area contributed by atoms with Gasteiger partial charge in [-0.2, -0.15) is 0 Å². The fraction of sp³-hybridized carbons (Fsp3) is 0.160. The lowest BCUT2D eigenvalue weighted by Crippen LogP contribution is -2.33. The number of nitrogens with one attached hydrogen (secondary N) is 1. The van der Waals surface area contributed by atoms with Gasteiger partial charge < -0.3 is 10.2 Å². The van der Waals surface area contributed by atoms with E-state index in [1.165, 1.54) is 5.56 Å². The quantitative estimate of drug-likeness (QED) is 0.510. The maximum Gasteiger partial charge on any atom is 0.252 e. The molecule has 0 spiro atoms. The maximum absolute atomic E-state index is 13.0. The number of carbonyl (C=O) groups excluding carboxylic acids is 1. The van der Waals surface area contributed by atoms with Gasteiger partial charge in [-0.05, 0) is 36.9 Å². The van der Waals surface area contributed by atoms with E-state index in [0.29, 0.717) is 12.1 Å². The molecule has 0 bridgehead atoms. The summed E-state index contributed by atoms with van der Waals surface area (Å²) in [5, 5.41) is 3.92. The third kappa shape index (κ3) is 4.70. The third-order valence-corrected chi connectivity index (χ3v) is 5.01. The Bertz CT molecular complexity index is 1130. The first kappa shape index (κ1) is 19.7. The Kier molecular flexibility index (Phi) is 6.11. The van der Waals surface area contributed by atoms with E-state index < -0.39 is 0 Å². The average Bonchev–Trinajstić information content (AvgIpc) is 2.79. The molecule has 1 N–H and O–H groups in total. The highest BCUT2D eigenvalue weighted by Crippen LogP contribution is 2.24. The van der Waals surface area contributed by atoms with Gasteiger partial charge in [0.05, 0.1) is 16.8 Å². The summed E-state index contributed by atoms with van der Waals surface area (Å²) in [6.45, 7) is 2.19. The van der Waals surface area contributed by atoms with E-state index in [1.807, 2.05) is 60.7 Å². The molecule has 30 heavy (non-hydrogen) atoms. The summed E-state index contributed by atoms with van der Waals surface area (Å²) >= 11 is 0. The second kappa shape index (κ2) is 9.29. The first-order valence-corrected chi connectivity index (χ1v) is 10.0. The molecule has 1 amide bonds. The van der Waals surface area contributed by atoms with E-state index >= 15 is 0 Å². The number of nitrogens with zero attached hydrogens (tertiary/aromatic N) is 3. The third-order valence-electron chi connectivity index (χ3n) is 5.01. The van der Waals surface area contributed by atoms with Gasteiger partial charge in [0, 0.05) is 43.0 Å². The molecule has 0 unspecified atom stereocenters.